The highest BCUT2D eigenvalue weighted by Crippen LogP contribution is 2.34. The van der Waals surface area contributed by atoms with Gasteiger partial charge in [-0.1, -0.05) is 71.6 Å². The Morgan fingerprint density at radius 2 is 1.91 bits per heavy atom. The lowest BCUT2D eigenvalue weighted by atomic mass is 9.77. The van der Waals surface area contributed by atoms with Crippen molar-refractivity contribution in [1.29, 1.82) is 0 Å². The number of carbonyl (C=O) groups is 1. The topological polar surface area (TPSA) is 29.1 Å². The molecule has 0 spiro atoms. The van der Waals surface area contributed by atoms with E-state index in [9.17, 15) is 4.79 Å². The second-order valence-electron chi connectivity index (χ2n) is 4.78. The molecule has 2 heteroatoms. The monoisotopic (exact) mass is 305 g/mol. The van der Waals surface area contributed by atoms with Gasteiger partial charge in [-0.3, -0.25) is 4.79 Å². The zero-order chi connectivity index (χ0) is 17.5. The van der Waals surface area contributed by atoms with Crippen LogP contribution in [0.3, 0.4) is 0 Å². The van der Waals surface area contributed by atoms with Crippen LogP contribution in [0.1, 0.15) is 48.0 Å². The molecular weight excluding hydrogens is 270 g/mol. The summed E-state index contributed by atoms with van der Waals surface area (Å²) in [5.74, 6) is 0.745. The van der Waals surface area contributed by atoms with Crippen molar-refractivity contribution in [1.82, 2.24) is 5.32 Å². The molecule has 0 radical (unpaired) electrons. The molecule has 1 rings (SSSR count). The van der Waals surface area contributed by atoms with E-state index in [1.54, 1.807) is 6.08 Å². The van der Waals surface area contributed by atoms with Gasteiger partial charge < -0.3 is 5.32 Å². The van der Waals surface area contributed by atoms with E-state index < -0.39 is 0 Å². The largest absolute Gasteiger partial charge is 0.356 e. The second kappa shape index (κ2) is 14.4. The molecule has 22 heavy (non-hydrogen) atoms. The third-order valence-corrected chi connectivity index (χ3v) is 3.47. The number of rotatable bonds is 6. The van der Waals surface area contributed by atoms with Crippen molar-refractivity contribution < 1.29 is 4.79 Å². The molecule has 0 aromatic carbocycles. The van der Waals surface area contributed by atoms with E-state index in [-0.39, 0.29) is 17.7 Å². The summed E-state index contributed by atoms with van der Waals surface area (Å²) in [7, 11) is 0. The first-order chi connectivity index (χ1) is 10.7. The molecule has 0 aliphatic carbocycles. The fourth-order valence-electron chi connectivity index (χ4n) is 2.64. The smallest absolute Gasteiger partial charge is 0.224 e. The molecule has 1 aliphatic heterocycles. The summed E-state index contributed by atoms with van der Waals surface area (Å²) in [5, 5.41) is 2.95. The molecule has 0 saturated carbocycles. The minimum absolute atomic E-state index is 0.0328. The fourth-order valence-corrected chi connectivity index (χ4v) is 2.64. The highest BCUT2D eigenvalue weighted by molar-refractivity contribution is 5.82. The van der Waals surface area contributed by atoms with Gasteiger partial charge in [0.15, 0.2) is 0 Å². The molecule has 1 heterocycles. The molecule has 2 nitrogen and oxygen atoms in total. The summed E-state index contributed by atoms with van der Waals surface area (Å²) in [5.41, 5.74) is 1.15. The van der Waals surface area contributed by atoms with Crippen molar-refractivity contribution in [3.05, 3.63) is 49.1 Å². The quantitative estimate of drug-likeness (QED) is 0.523. The number of nitrogens with one attached hydrogen (secondary N) is 1. The van der Waals surface area contributed by atoms with E-state index in [0.29, 0.717) is 5.92 Å². The van der Waals surface area contributed by atoms with Crippen LogP contribution in [0.4, 0.5) is 0 Å². The van der Waals surface area contributed by atoms with Crippen molar-refractivity contribution in [2.75, 3.05) is 6.54 Å². The van der Waals surface area contributed by atoms with Gasteiger partial charge in [0.25, 0.3) is 0 Å². The zero-order valence-electron chi connectivity index (χ0n) is 15.4. The van der Waals surface area contributed by atoms with Crippen LogP contribution in [0.25, 0.3) is 0 Å². The molecule has 0 bridgehead atoms. The SMILES string of the molecule is C=C/C=C(\C=C/C)C(CC=C)C1C(=O)NCC1C.CC.CC. The van der Waals surface area contributed by atoms with Crippen LogP contribution in [-0.2, 0) is 4.79 Å². The van der Waals surface area contributed by atoms with Crippen LogP contribution < -0.4 is 5.32 Å². The molecule has 3 atom stereocenters. The van der Waals surface area contributed by atoms with Crippen LogP contribution in [0.15, 0.2) is 49.1 Å². The molecule has 0 aromatic heterocycles. The number of hydrogen-bond donors (Lipinski definition) is 1. The van der Waals surface area contributed by atoms with Crippen molar-refractivity contribution in [3.8, 4) is 0 Å². The maximum absolute atomic E-state index is 12.0. The van der Waals surface area contributed by atoms with Crippen LogP contribution in [0.2, 0.25) is 0 Å². The van der Waals surface area contributed by atoms with Gasteiger partial charge in [0, 0.05) is 12.5 Å². The number of hydrogen-bond acceptors (Lipinski definition) is 1. The summed E-state index contributed by atoms with van der Waals surface area (Å²) in [6.45, 7) is 20.5. The standard InChI is InChI=1S/C16H23NO.2C2H6/c1-5-8-13(9-6-2)14(10-7-3)15-12(4)11-17-16(15)18;2*1-2/h5-9,12,14-15H,1,3,10-11H2,2,4H3,(H,17,18);2*1-2H3/b9-6-,13-8+;;. The first-order valence-electron chi connectivity index (χ1n) is 8.49. The van der Waals surface area contributed by atoms with Crippen LogP contribution in [0.5, 0.6) is 0 Å². The second-order valence-corrected chi connectivity index (χ2v) is 4.78. The maximum atomic E-state index is 12.0. The Morgan fingerprint density at radius 1 is 1.32 bits per heavy atom. The minimum atomic E-state index is 0.0328. The first kappa shape index (κ1) is 22.7. The van der Waals surface area contributed by atoms with Gasteiger partial charge in [-0.05, 0) is 30.8 Å². The predicted molar refractivity (Wildman–Crippen MR) is 99.8 cm³/mol. The third-order valence-electron chi connectivity index (χ3n) is 3.47. The summed E-state index contributed by atoms with van der Waals surface area (Å²) in [4.78, 5) is 12.0. The average Bonchev–Trinajstić information content (AvgIpc) is 2.88. The van der Waals surface area contributed by atoms with Crippen LogP contribution in [-0.4, -0.2) is 12.5 Å². The summed E-state index contributed by atoms with van der Waals surface area (Å²) >= 11 is 0. The van der Waals surface area contributed by atoms with E-state index in [0.717, 1.165) is 18.5 Å². The molecule has 3 unspecified atom stereocenters. The Bertz CT molecular complexity index is 379. The van der Waals surface area contributed by atoms with Crippen molar-refractivity contribution in [3.63, 3.8) is 0 Å². The number of allylic oxidation sites excluding steroid dienone is 6. The van der Waals surface area contributed by atoms with Crippen molar-refractivity contribution >= 4 is 5.91 Å². The predicted octanol–water partition coefficient (Wildman–Crippen LogP) is 5.30. The number of amides is 1. The summed E-state index contributed by atoms with van der Waals surface area (Å²) < 4.78 is 0. The Labute approximate surface area is 138 Å². The summed E-state index contributed by atoms with van der Waals surface area (Å²) in [6, 6.07) is 0. The van der Waals surface area contributed by atoms with Crippen molar-refractivity contribution in [2.24, 2.45) is 17.8 Å². The molecule has 126 valence electrons. The van der Waals surface area contributed by atoms with E-state index in [2.05, 4.69) is 31.5 Å². The Morgan fingerprint density at radius 3 is 2.27 bits per heavy atom. The highest BCUT2D eigenvalue weighted by atomic mass is 16.2. The molecule has 1 amide bonds. The lowest BCUT2D eigenvalue weighted by molar-refractivity contribution is -0.124. The zero-order valence-corrected chi connectivity index (χ0v) is 15.4. The molecular formula is C20H35NO. The van der Waals surface area contributed by atoms with E-state index in [1.807, 2.05) is 52.8 Å². The van der Waals surface area contributed by atoms with Gasteiger partial charge >= 0.3 is 0 Å². The molecule has 1 fully saturated rings. The van der Waals surface area contributed by atoms with E-state index in [4.69, 9.17) is 0 Å². The van der Waals surface area contributed by atoms with E-state index >= 15 is 0 Å². The average molecular weight is 306 g/mol. The first-order valence-corrected chi connectivity index (χ1v) is 8.49. The fraction of sp³-hybridized carbons (Fsp3) is 0.550. The Hall–Kier alpha value is -1.57. The van der Waals surface area contributed by atoms with Crippen molar-refractivity contribution in [2.45, 2.75) is 48.0 Å². The Kier molecular flexibility index (Phi) is 14.8. The van der Waals surface area contributed by atoms with Gasteiger partial charge in [-0.25, -0.2) is 0 Å². The highest BCUT2D eigenvalue weighted by Gasteiger charge is 2.38. The van der Waals surface area contributed by atoms with Gasteiger partial charge in [0.1, 0.15) is 0 Å². The molecule has 1 aliphatic rings. The summed E-state index contributed by atoms with van der Waals surface area (Å²) in [6.07, 6.45) is 10.5. The maximum Gasteiger partial charge on any atom is 0.224 e. The molecule has 0 aromatic rings. The van der Waals surface area contributed by atoms with Crippen LogP contribution in [0, 0.1) is 17.8 Å². The van der Waals surface area contributed by atoms with Crippen LogP contribution >= 0.6 is 0 Å². The Balaban J connectivity index is 0. The molecule has 1 N–H and O–H groups in total. The van der Waals surface area contributed by atoms with E-state index in [1.165, 1.54) is 0 Å². The minimum Gasteiger partial charge on any atom is -0.356 e. The van der Waals surface area contributed by atoms with Gasteiger partial charge in [0.05, 0.1) is 0 Å². The normalized spacial score (nSPS) is 21.9. The third kappa shape index (κ3) is 6.93. The molecule has 1 saturated heterocycles. The van der Waals surface area contributed by atoms with Gasteiger partial charge in [-0.2, -0.15) is 0 Å². The lowest BCUT2D eigenvalue weighted by Gasteiger charge is -2.24. The van der Waals surface area contributed by atoms with Gasteiger partial charge in [0.2, 0.25) is 5.91 Å². The lowest BCUT2D eigenvalue weighted by Crippen LogP contribution is -2.27. The number of carbonyl (C=O) groups excluding carboxylic acids is 1. The van der Waals surface area contributed by atoms with Gasteiger partial charge in [-0.15, -0.1) is 6.58 Å².